The third-order valence-corrected chi connectivity index (χ3v) is 5.25. The summed E-state index contributed by atoms with van der Waals surface area (Å²) >= 11 is 0. The molecule has 0 fully saturated rings. The molecule has 0 saturated carbocycles. The van der Waals surface area contributed by atoms with Gasteiger partial charge in [0, 0.05) is 12.6 Å². The van der Waals surface area contributed by atoms with Crippen LogP contribution in [0.1, 0.15) is 37.6 Å². The number of carboxylic acids is 1. The fourth-order valence-electron chi connectivity index (χ4n) is 1.89. The summed E-state index contributed by atoms with van der Waals surface area (Å²) in [5, 5.41) is 8.86. The van der Waals surface area contributed by atoms with Gasteiger partial charge in [-0.15, -0.1) is 0 Å². The summed E-state index contributed by atoms with van der Waals surface area (Å²) in [6, 6.07) is 2.59. The minimum atomic E-state index is -3.83. The minimum absolute atomic E-state index is 0.210. The number of rotatable bonds is 6. The van der Waals surface area contributed by atoms with Gasteiger partial charge >= 0.3 is 5.97 Å². The second kappa shape index (κ2) is 6.32. The summed E-state index contributed by atoms with van der Waals surface area (Å²) < 4.78 is 39.5. The van der Waals surface area contributed by atoms with E-state index in [4.69, 9.17) is 5.11 Å². The summed E-state index contributed by atoms with van der Waals surface area (Å²) in [5.74, 6) is -2.45. The van der Waals surface area contributed by atoms with Crippen molar-refractivity contribution >= 4 is 16.0 Å². The number of benzene rings is 1. The van der Waals surface area contributed by atoms with Gasteiger partial charge in [0.15, 0.2) is 0 Å². The zero-order valence-electron chi connectivity index (χ0n) is 11.6. The number of sulfonamides is 1. The Morgan fingerprint density at radius 3 is 2.45 bits per heavy atom. The van der Waals surface area contributed by atoms with E-state index in [1.165, 1.54) is 4.31 Å². The van der Waals surface area contributed by atoms with E-state index in [0.717, 1.165) is 18.2 Å². The molecule has 1 rings (SSSR count). The van der Waals surface area contributed by atoms with Crippen LogP contribution in [0.3, 0.4) is 0 Å². The Bertz CT molecular complexity index is 600. The molecular weight excluding hydrogens is 285 g/mol. The Kier molecular flexibility index (Phi) is 5.24. The predicted octanol–water partition coefficient (Wildman–Crippen LogP) is 2.33. The highest BCUT2D eigenvalue weighted by molar-refractivity contribution is 7.89. The van der Waals surface area contributed by atoms with Crippen molar-refractivity contribution in [3.63, 3.8) is 0 Å². The van der Waals surface area contributed by atoms with Gasteiger partial charge in [0.1, 0.15) is 5.82 Å². The molecule has 0 aromatic heterocycles. The van der Waals surface area contributed by atoms with Crippen molar-refractivity contribution < 1.29 is 22.7 Å². The highest BCUT2D eigenvalue weighted by atomic mass is 32.2. The smallest absolute Gasteiger partial charge is 0.338 e. The van der Waals surface area contributed by atoms with Gasteiger partial charge in [-0.05, 0) is 31.5 Å². The van der Waals surface area contributed by atoms with Crippen molar-refractivity contribution in [3.05, 3.63) is 29.6 Å². The van der Waals surface area contributed by atoms with Crippen LogP contribution >= 0.6 is 0 Å². The normalized spacial score (nSPS) is 13.4. The number of aromatic carboxylic acids is 1. The van der Waals surface area contributed by atoms with Crippen molar-refractivity contribution in [2.75, 3.05) is 6.54 Å². The van der Waals surface area contributed by atoms with E-state index in [9.17, 15) is 17.6 Å². The van der Waals surface area contributed by atoms with Crippen LogP contribution in [0.2, 0.25) is 0 Å². The first kappa shape index (κ1) is 16.6. The molecule has 0 bridgehead atoms. The average molecular weight is 303 g/mol. The molecule has 0 aliphatic rings. The van der Waals surface area contributed by atoms with Gasteiger partial charge in [0.2, 0.25) is 10.0 Å². The molecule has 0 aliphatic carbocycles. The van der Waals surface area contributed by atoms with E-state index in [1.54, 1.807) is 13.8 Å². The molecule has 1 aromatic rings. The lowest BCUT2D eigenvalue weighted by Gasteiger charge is -2.26. The third-order valence-electron chi connectivity index (χ3n) is 3.17. The maximum absolute atomic E-state index is 13.3. The van der Waals surface area contributed by atoms with E-state index in [1.807, 2.05) is 6.92 Å². The van der Waals surface area contributed by atoms with Crippen LogP contribution in [0.4, 0.5) is 4.39 Å². The number of halogens is 1. The highest BCUT2D eigenvalue weighted by Gasteiger charge is 2.28. The molecule has 0 amide bonds. The Labute approximate surface area is 118 Å². The van der Waals surface area contributed by atoms with Crippen LogP contribution in [-0.4, -0.2) is 36.4 Å². The van der Waals surface area contributed by atoms with Crippen molar-refractivity contribution in [2.24, 2.45) is 0 Å². The second-order valence-corrected chi connectivity index (χ2v) is 6.30. The summed E-state index contributed by atoms with van der Waals surface area (Å²) in [5.41, 5.74) is -0.647. The molecule has 5 nitrogen and oxygen atoms in total. The van der Waals surface area contributed by atoms with E-state index >= 15 is 0 Å². The molecule has 1 unspecified atom stereocenters. The lowest BCUT2D eigenvalue weighted by atomic mass is 10.2. The van der Waals surface area contributed by atoms with Gasteiger partial charge in [-0.3, -0.25) is 0 Å². The monoisotopic (exact) mass is 303 g/mol. The Morgan fingerprint density at radius 1 is 1.40 bits per heavy atom. The SMILES string of the molecule is CCC(C)N(CC)S(=O)(=O)c1ccc(F)c(C(=O)O)c1. The molecule has 112 valence electrons. The van der Waals surface area contributed by atoms with Crippen LogP contribution in [0.5, 0.6) is 0 Å². The van der Waals surface area contributed by atoms with Gasteiger partial charge in [-0.1, -0.05) is 13.8 Å². The minimum Gasteiger partial charge on any atom is -0.478 e. The molecular formula is C13H18FNO4S. The first-order valence-corrected chi connectivity index (χ1v) is 7.74. The molecule has 1 atom stereocenters. The molecule has 0 saturated heterocycles. The van der Waals surface area contributed by atoms with Gasteiger partial charge in [0.25, 0.3) is 0 Å². The van der Waals surface area contributed by atoms with Crippen LogP contribution < -0.4 is 0 Å². The molecule has 0 spiro atoms. The number of carboxylic acid groups (broad SMARTS) is 1. The summed E-state index contributed by atoms with van der Waals surface area (Å²) in [7, 11) is -3.83. The Hall–Kier alpha value is -1.47. The lowest BCUT2D eigenvalue weighted by Crippen LogP contribution is -2.38. The molecule has 0 radical (unpaired) electrons. The molecule has 0 heterocycles. The first-order valence-electron chi connectivity index (χ1n) is 6.30. The van der Waals surface area contributed by atoms with Gasteiger partial charge in [-0.2, -0.15) is 4.31 Å². The maximum Gasteiger partial charge on any atom is 0.338 e. The van der Waals surface area contributed by atoms with Gasteiger partial charge in [-0.25, -0.2) is 17.6 Å². The lowest BCUT2D eigenvalue weighted by molar-refractivity contribution is 0.0691. The molecule has 1 aromatic carbocycles. The molecule has 7 heteroatoms. The van der Waals surface area contributed by atoms with E-state index in [0.29, 0.717) is 6.42 Å². The molecule has 20 heavy (non-hydrogen) atoms. The summed E-state index contributed by atoms with van der Waals surface area (Å²) in [6.07, 6.45) is 0.625. The maximum atomic E-state index is 13.3. The zero-order chi connectivity index (χ0) is 15.5. The Morgan fingerprint density at radius 2 is 2.00 bits per heavy atom. The molecule has 1 N–H and O–H groups in total. The van der Waals surface area contributed by atoms with Crippen molar-refractivity contribution in [3.8, 4) is 0 Å². The number of hydrogen-bond donors (Lipinski definition) is 1. The predicted molar refractivity (Wildman–Crippen MR) is 72.7 cm³/mol. The first-order chi connectivity index (χ1) is 9.25. The fraction of sp³-hybridized carbons (Fsp3) is 0.462. The quantitative estimate of drug-likeness (QED) is 0.875. The van der Waals surface area contributed by atoms with Crippen LogP contribution in [0.15, 0.2) is 23.1 Å². The van der Waals surface area contributed by atoms with Crippen LogP contribution in [0, 0.1) is 5.82 Å². The van der Waals surface area contributed by atoms with Crippen molar-refractivity contribution in [2.45, 2.75) is 38.1 Å². The zero-order valence-corrected chi connectivity index (χ0v) is 12.4. The Balaban J connectivity index is 3.35. The van der Waals surface area contributed by atoms with Gasteiger partial charge < -0.3 is 5.11 Å². The van der Waals surface area contributed by atoms with Crippen molar-refractivity contribution in [1.29, 1.82) is 0 Å². The second-order valence-electron chi connectivity index (χ2n) is 4.41. The largest absolute Gasteiger partial charge is 0.478 e. The number of carbonyl (C=O) groups is 1. The standard InChI is InChI=1S/C13H18FNO4S/c1-4-9(3)15(5-2)20(18,19)10-6-7-12(14)11(8-10)13(16)17/h6-9H,4-5H2,1-3H3,(H,16,17). The van der Waals surface area contributed by atoms with Crippen molar-refractivity contribution in [1.82, 2.24) is 4.31 Å². The average Bonchev–Trinajstić information content (AvgIpc) is 2.38. The van der Waals surface area contributed by atoms with E-state index in [-0.39, 0.29) is 17.5 Å². The third kappa shape index (κ3) is 3.16. The number of hydrogen-bond acceptors (Lipinski definition) is 3. The summed E-state index contributed by atoms with van der Waals surface area (Å²) in [4.78, 5) is 10.7. The summed E-state index contributed by atoms with van der Waals surface area (Å²) in [6.45, 7) is 5.58. The van der Waals surface area contributed by atoms with Crippen LogP contribution in [-0.2, 0) is 10.0 Å². The number of nitrogens with zero attached hydrogens (tertiary/aromatic N) is 1. The van der Waals surface area contributed by atoms with E-state index in [2.05, 4.69) is 0 Å². The highest BCUT2D eigenvalue weighted by Crippen LogP contribution is 2.21. The van der Waals surface area contributed by atoms with Gasteiger partial charge in [0.05, 0.1) is 10.5 Å². The van der Waals surface area contributed by atoms with E-state index < -0.39 is 27.4 Å². The van der Waals surface area contributed by atoms with Crippen LogP contribution in [0.25, 0.3) is 0 Å². The molecule has 0 aliphatic heterocycles. The fourth-order valence-corrected chi connectivity index (χ4v) is 3.63. The topological polar surface area (TPSA) is 74.7 Å².